The zero-order valence-corrected chi connectivity index (χ0v) is 25.3. The van der Waals surface area contributed by atoms with E-state index in [0.717, 1.165) is 0 Å². The van der Waals surface area contributed by atoms with Crippen LogP contribution in [-0.4, -0.2) is 64.1 Å². The van der Waals surface area contributed by atoms with Gasteiger partial charge in [0.25, 0.3) is 0 Å². The van der Waals surface area contributed by atoms with Crippen LogP contribution >= 0.6 is 0 Å². The molecule has 1 spiro atoms. The number of esters is 3. The van der Waals surface area contributed by atoms with E-state index in [1.165, 1.54) is 19.6 Å². The number of carbonyl (C=O) groups is 4. The lowest BCUT2D eigenvalue weighted by Crippen LogP contribution is -2.67. The van der Waals surface area contributed by atoms with Crippen LogP contribution in [0, 0.1) is 34.5 Å². The maximum atomic E-state index is 14.5. The van der Waals surface area contributed by atoms with Gasteiger partial charge in [0.1, 0.15) is 17.8 Å². The average Bonchev–Trinajstić information content (AvgIpc) is 3.54. The van der Waals surface area contributed by atoms with Crippen molar-refractivity contribution in [2.45, 2.75) is 103 Å². The Morgan fingerprint density at radius 1 is 1.14 bits per heavy atom. The first-order valence-corrected chi connectivity index (χ1v) is 14.6. The molecule has 0 radical (unpaired) electrons. The number of hydrogen-bond donors (Lipinski definition) is 2. The monoisotopic (exact) mass is 590 g/mol. The van der Waals surface area contributed by atoms with Crippen LogP contribution in [0.5, 0.6) is 0 Å². The maximum Gasteiger partial charge on any atom is 0.308 e. The number of methoxy groups -OCH3 is 1. The van der Waals surface area contributed by atoms with Crippen LogP contribution in [0.2, 0.25) is 0 Å². The summed E-state index contributed by atoms with van der Waals surface area (Å²) in [5.74, 6) is -7.16. The number of cyclic esters (lactones) is 1. The molecule has 2 saturated heterocycles. The van der Waals surface area contributed by atoms with Gasteiger partial charge in [-0.25, -0.2) is 0 Å². The third-order valence-corrected chi connectivity index (χ3v) is 10.8. The molecule has 2 aliphatic heterocycles. The number of Topliss-reactive ketones (excluding diaryl/α,β-unsaturated/α-hetero) is 1. The summed E-state index contributed by atoms with van der Waals surface area (Å²) in [4.78, 5) is 53.0. The molecule has 4 fully saturated rings. The first-order valence-electron chi connectivity index (χ1n) is 14.6. The number of carbonyl (C=O) groups excluding carboxylic acids is 4. The molecule has 232 valence electrons. The van der Waals surface area contributed by atoms with Gasteiger partial charge in [0.05, 0.1) is 32.0 Å². The van der Waals surface area contributed by atoms with Crippen molar-refractivity contribution < 1.29 is 52.8 Å². The van der Waals surface area contributed by atoms with Gasteiger partial charge in [-0.3, -0.25) is 19.2 Å². The Morgan fingerprint density at radius 3 is 2.43 bits per heavy atom. The van der Waals surface area contributed by atoms with E-state index < -0.39 is 93.8 Å². The van der Waals surface area contributed by atoms with Gasteiger partial charge < -0.3 is 33.6 Å². The second-order valence-electron chi connectivity index (χ2n) is 13.9. The summed E-state index contributed by atoms with van der Waals surface area (Å²) in [5.41, 5.74) is -5.27. The van der Waals surface area contributed by atoms with E-state index in [9.17, 15) is 29.4 Å². The molecule has 1 aromatic heterocycles. The van der Waals surface area contributed by atoms with Gasteiger partial charge >= 0.3 is 17.9 Å². The van der Waals surface area contributed by atoms with Crippen molar-refractivity contribution >= 4 is 23.7 Å². The van der Waals surface area contributed by atoms with E-state index in [1.807, 2.05) is 6.92 Å². The minimum atomic E-state index is -2.22. The second kappa shape index (κ2) is 9.89. The molecule has 42 heavy (non-hydrogen) atoms. The Hall–Kier alpha value is -2.76. The number of aliphatic hydroxyl groups is 2. The smallest absolute Gasteiger partial charge is 0.308 e. The van der Waals surface area contributed by atoms with E-state index in [1.54, 1.807) is 40.7 Å². The molecular formula is C31H42O11. The van der Waals surface area contributed by atoms with Gasteiger partial charge in [0, 0.05) is 47.5 Å². The van der Waals surface area contributed by atoms with Crippen LogP contribution in [0.1, 0.15) is 85.3 Å². The summed E-state index contributed by atoms with van der Waals surface area (Å²) >= 11 is 0. The number of hydrogen-bond acceptors (Lipinski definition) is 11. The van der Waals surface area contributed by atoms with Gasteiger partial charge in [-0.15, -0.1) is 0 Å². The fourth-order valence-corrected chi connectivity index (χ4v) is 8.48. The van der Waals surface area contributed by atoms with Gasteiger partial charge in [-0.1, -0.05) is 41.5 Å². The summed E-state index contributed by atoms with van der Waals surface area (Å²) in [6.45, 7) is 10.5. The molecule has 0 unspecified atom stereocenters. The predicted octanol–water partition coefficient (Wildman–Crippen LogP) is 3.25. The van der Waals surface area contributed by atoms with E-state index in [4.69, 9.17) is 23.4 Å². The topological polar surface area (TPSA) is 159 Å². The molecule has 2 aliphatic carbocycles. The zero-order chi connectivity index (χ0) is 31.0. The summed E-state index contributed by atoms with van der Waals surface area (Å²) in [6, 6.07) is 1.70. The first-order chi connectivity index (χ1) is 19.5. The van der Waals surface area contributed by atoms with Gasteiger partial charge in [0.2, 0.25) is 0 Å². The van der Waals surface area contributed by atoms with Crippen LogP contribution < -0.4 is 0 Å². The maximum absolute atomic E-state index is 14.5. The first kappa shape index (κ1) is 30.7. The van der Waals surface area contributed by atoms with E-state index in [0.29, 0.717) is 12.0 Å². The van der Waals surface area contributed by atoms with Crippen molar-refractivity contribution in [1.29, 1.82) is 0 Å². The molecule has 0 bridgehead atoms. The van der Waals surface area contributed by atoms with Crippen LogP contribution in [0.4, 0.5) is 0 Å². The lowest BCUT2D eigenvalue weighted by atomic mass is 9.50. The molecule has 11 nitrogen and oxygen atoms in total. The zero-order valence-electron chi connectivity index (χ0n) is 25.3. The standard InChI is InChI=1S/C31H42O11/c1-16(2)25(35)41-26-27(4,5)19(12-21(32)38-7)17(3)23(34)29(26)15-30(36)20-13-22(33)40-24(18-8-11-39-14-18)28(20,6)9-10-31(30,37)42-29/h8,11,14,16-17,19-20,24,26,36-37H,9-10,12-13,15H2,1-7H3/t17-,19-,20-,24+,26+,28-,29+,30+,31+/m1/s1. The molecule has 3 heterocycles. The molecule has 2 saturated carbocycles. The Kier molecular flexibility index (Phi) is 7.22. The number of ether oxygens (including phenoxy) is 4. The highest BCUT2D eigenvalue weighted by Crippen LogP contribution is 2.68. The summed E-state index contributed by atoms with van der Waals surface area (Å²) < 4.78 is 28.4. The lowest BCUT2D eigenvalue weighted by Gasteiger charge is -2.58. The molecule has 0 aromatic carbocycles. The van der Waals surface area contributed by atoms with Crippen LogP contribution in [0.25, 0.3) is 0 Å². The molecule has 1 aromatic rings. The fraction of sp³-hybridized carbons (Fsp3) is 0.742. The Labute approximate surface area is 245 Å². The van der Waals surface area contributed by atoms with E-state index in [-0.39, 0.29) is 19.3 Å². The third-order valence-electron chi connectivity index (χ3n) is 10.8. The largest absolute Gasteiger partial charge is 0.472 e. The number of fused-ring (bicyclic) bond motifs is 3. The minimum Gasteiger partial charge on any atom is -0.472 e. The Morgan fingerprint density at radius 2 is 1.83 bits per heavy atom. The Balaban J connectivity index is 1.63. The number of rotatable bonds is 5. The van der Waals surface area contributed by atoms with Gasteiger partial charge in [-0.05, 0) is 18.4 Å². The molecule has 0 amide bonds. The Bertz CT molecular complexity index is 1270. The van der Waals surface area contributed by atoms with Crippen molar-refractivity contribution in [2.75, 3.05) is 7.11 Å². The number of furan rings is 1. The predicted molar refractivity (Wildman–Crippen MR) is 144 cm³/mol. The molecule has 11 heteroatoms. The molecule has 4 aliphatic rings. The summed E-state index contributed by atoms with van der Waals surface area (Å²) in [6.07, 6.45) is 0.448. The highest BCUT2D eigenvalue weighted by molar-refractivity contribution is 5.93. The van der Waals surface area contributed by atoms with Gasteiger partial charge in [0.15, 0.2) is 17.2 Å². The van der Waals surface area contributed by atoms with Crippen molar-refractivity contribution in [3.05, 3.63) is 24.2 Å². The summed E-state index contributed by atoms with van der Waals surface area (Å²) in [7, 11) is 1.27. The molecule has 2 N–H and O–H groups in total. The van der Waals surface area contributed by atoms with Gasteiger partial charge in [-0.2, -0.15) is 0 Å². The minimum absolute atomic E-state index is 0.0668. The van der Waals surface area contributed by atoms with Crippen LogP contribution in [0.15, 0.2) is 23.0 Å². The fourth-order valence-electron chi connectivity index (χ4n) is 8.48. The third kappa shape index (κ3) is 4.17. The highest BCUT2D eigenvalue weighted by Gasteiger charge is 2.80. The lowest BCUT2D eigenvalue weighted by molar-refractivity contribution is -0.338. The van der Waals surface area contributed by atoms with Crippen LogP contribution in [0.3, 0.4) is 0 Å². The van der Waals surface area contributed by atoms with E-state index in [2.05, 4.69) is 0 Å². The van der Waals surface area contributed by atoms with Crippen molar-refractivity contribution in [2.24, 2.45) is 34.5 Å². The normalized spacial score (nSPS) is 42.6. The average molecular weight is 591 g/mol. The second-order valence-corrected chi connectivity index (χ2v) is 13.9. The molecule has 9 atom stereocenters. The van der Waals surface area contributed by atoms with Crippen molar-refractivity contribution in [1.82, 2.24) is 0 Å². The van der Waals surface area contributed by atoms with Crippen molar-refractivity contribution in [3.63, 3.8) is 0 Å². The van der Waals surface area contributed by atoms with Crippen molar-refractivity contribution in [3.8, 4) is 0 Å². The molecular weight excluding hydrogens is 548 g/mol. The quantitative estimate of drug-likeness (QED) is 0.383. The van der Waals surface area contributed by atoms with E-state index >= 15 is 0 Å². The summed E-state index contributed by atoms with van der Waals surface area (Å²) in [5, 5.41) is 24.7. The highest BCUT2D eigenvalue weighted by atomic mass is 16.7. The van der Waals surface area contributed by atoms with Crippen LogP contribution in [-0.2, 0) is 38.1 Å². The SMILES string of the molecule is COC(=O)C[C@@H]1[C@@H](C)C(=O)[C@@]2(C[C@]3(O)[C@@H]4CC(=O)O[C@@H](c5ccoc5)[C@]4(C)CC[C@]3(O)O2)[C@@H](OC(=O)C(C)C)C1(C)C. The molecule has 5 rings (SSSR count). The number of ketones is 1.